The van der Waals surface area contributed by atoms with Gasteiger partial charge in [0.1, 0.15) is 11.8 Å². The number of halogens is 1. The minimum atomic E-state index is -0.375. The highest BCUT2D eigenvalue weighted by Crippen LogP contribution is 2.29. The van der Waals surface area contributed by atoms with Gasteiger partial charge in [0.25, 0.3) is 5.91 Å². The summed E-state index contributed by atoms with van der Waals surface area (Å²) in [6.45, 7) is 2.25. The van der Waals surface area contributed by atoms with Gasteiger partial charge >= 0.3 is 6.09 Å². The Morgan fingerprint density at radius 2 is 2.04 bits per heavy atom. The molecule has 0 spiro atoms. The largest absolute Gasteiger partial charge is 0.443 e. The number of benzene rings is 1. The number of likely N-dealkylation sites (N-methyl/N-ethyl adjacent to an activating group) is 1. The number of anilines is 1. The average Bonchev–Trinajstić information content (AvgIpc) is 3.11. The SMILES string of the molecule is CN1CCn2c(cc3cc(N4C[C@H](CN)OC4=O)ccc32)C1=O.Cl. The van der Waals surface area contributed by atoms with Crippen LogP contribution in [0.3, 0.4) is 0 Å². The number of aromatic nitrogens is 1. The van der Waals surface area contributed by atoms with Gasteiger partial charge in [0.2, 0.25) is 0 Å². The molecule has 0 radical (unpaired) electrons. The summed E-state index contributed by atoms with van der Waals surface area (Å²) in [7, 11) is 1.81. The molecule has 2 aliphatic rings. The van der Waals surface area contributed by atoms with Gasteiger partial charge < -0.3 is 19.9 Å². The van der Waals surface area contributed by atoms with Crippen LogP contribution in [-0.2, 0) is 11.3 Å². The number of hydrogen-bond acceptors (Lipinski definition) is 4. The quantitative estimate of drug-likeness (QED) is 0.888. The second kappa shape index (κ2) is 5.99. The van der Waals surface area contributed by atoms with Crippen LogP contribution in [0.2, 0.25) is 0 Å². The maximum atomic E-state index is 12.3. The van der Waals surface area contributed by atoms with E-state index in [1.807, 2.05) is 35.9 Å². The molecule has 1 atom stereocenters. The maximum absolute atomic E-state index is 12.3. The molecular weight excluding hydrogens is 332 g/mol. The minimum absolute atomic E-state index is 0. The van der Waals surface area contributed by atoms with Crippen LogP contribution < -0.4 is 10.6 Å². The number of carbonyl (C=O) groups is 2. The molecule has 0 bridgehead atoms. The molecule has 3 heterocycles. The second-order valence-corrected chi connectivity index (χ2v) is 6.00. The van der Waals surface area contributed by atoms with E-state index in [1.54, 1.807) is 9.80 Å². The Kier molecular flexibility index (Phi) is 4.15. The molecule has 2 amide bonds. The van der Waals surface area contributed by atoms with Crippen LogP contribution in [-0.4, -0.2) is 54.3 Å². The Morgan fingerprint density at radius 1 is 1.25 bits per heavy atom. The topological polar surface area (TPSA) is 80.8 Å². The van der Waals surface area contributed by atoms with E-state index in [0.717, 1.165) is 23.1 Å². The van der Waals surface area contributed by atoms with Gasteiger partial charge in [0.15, 0.2) is 0 Å². The third-order valence-electron chi connectivity index (χ3n) is 4.56. The van der Waals surface area contributed by atoms with Crippen molar-refractivity contribution in [3.05, 3.63) is 30.0 Å². The highest BCUT2D eigenvalue weighted by atomic mass is 35.5. The van der Waals surface area contributed by atoms with Crippen LogP contribution in [0.5, 0.6) is 0 Å². The van der Waals surface area contributed by atoms with E-state index >= 15 is 0 Å². The van der Waals surface area contributed by atoms with Crippen molar-refractivity contribution in [2.75, 3.05) is 31.6 Å². The number of amides is 2. The molecule has 1 saturated heterocycles. The number of ether oxygens (including phenoxy) is 1. The zero-order valence-corrected chi connectivity index (χ0v) is 14.1. The van der Waals surface area contributed by atoms with Gasteiger partial charge in [-0.05, 0) is 24.3 Å². The van der Waals surface area contributed by atoms with Crippen LogP contribution in [0.15, 0.2) is 24.3 Å². The number of hydrogen-bond donors (Lipinski definition) is 1. The van der Waals surface area contributed by atoms with E-state index in [4.69, 9.17) is 10.5 Å². The van der Waals surface area contributed by atoms with Crippen molar-refractivity contribution in [1.82, 2.24) is 9.47 Å². The van der Waals surface area contributed by atoms with Crippen molar-refractivity contribution in [3.8, 4) is 0 Å². The van der Waals surface area contributed by atoms with Gasteiger partial charge in [-0.2, -0.15) is 0 Å². The van der Waals surface area contributed by atoms with Gasteiger partial charge in [-0.25, -0.2) is 4.79 Å². The number of fused-ring (bicyclic) bond motifs is 3. The number of cyclic esters (lactones) is 1. The highest BCUT2D eigenvalue weighted by Gasteiger charge is 2.32. The zero-order chi connectivity index (χ0) is 16.1. The van der Waals surface area contributed by atoms with Gasteiger partial charge in [-0.3, -0.25) is 9.69 Å². The summed E-state index contributed by atoms with van der Waals surface area (Å²) in [6, 6.07) is 7.65. The smallest absolute Gasteiger partial charge is 0.414 e. The molecule has 4 rings (SSSR count). The van der Waals surface area contributed by atoms with Crippen molar-refractivity contribution < 1.29 is 14.3 Å². The summed E-state index contributed by atoms with van der Waals surface area (Å²) in [6.07, 6.45) is -0.643. The summed E-state index contributed by atoms with van der Waals surface area (Å²) < 4.78 is 7.23. The summed E-state index contributed by atoms with van der Waals surface area (Å²) in [4.78, 5) is 27.5. The minimum Gasteiger partial charge on any atom is -0.443 e. The van der Waals surface area contributed by atoms with Gasteiger partial charge in [0, 0.05) is 43.3 Å². The molecular formula is C16H19ClN4O3. The zero-order valence-electron chi connectivity index (χ0n) is 13.3. The third-order valence-corrected chi connectivity index (χ3v) is 4.56. The van der Waals surface area contributed by atoms with Gasteiger partial charge in [-0.1, -0.05) is 0 Å². The first kappa shape index (κ1) is 16.6. The lowest BCUT2D eigenvalue weighted by molar-refractivity contribution is 0.0751. The Bertz CT molecular complexity index is 819. The Balaban J connectivity index is 0.00000169. The van der Waals surface area contributed by atoms with E-state index in [9.17, 15) is 9.59 Å². The highest BCUT2D eigenvalue weighted by molar-refractivity contribution is 6.01. The summed E-state index contributed by atoms with van der Waals surface area (Å²) >= 11 is 0. The van der Waals surface area contributed by atoms with E-state index in [-0.39, 0.29) is 30.5 Å². The lowest BCUT2D eigenvalue weighted by Gasteiger charge is -2.24. The molecule has 128 valence electrons. The normalized spacial score (nSPS) is 20.2. The predicted octanol–water partition coefficient (Wildman–Crippen LogP) is 1.43. The lowest BCUT2D eigenvalue weighted by atomic mass is 10.2. The molecule has 2 aliphatic heterocycles. The number of carbonyl (C=O) groups excluding carboxylic acids is 2. The number of nitrogens with two attached hydrogens (primary N) is 1. The first-order chi connectivity index (χ1) is 11.1. The van der Waals surface area contributed by atoms with Crippen LogP contribution >= 0.6 is 12.4 Å². The van der Waals surface area contributed by atoms with Gasteiger partial charge in [0.05, 0.1) is 6.54 Å². The predicted molar refractivity (Wildman–Crippen MR) is 92.8 cm³/mol. The van der Waals surface area contributed by atoms with Crippen molar-refractivity contribution in [3.63, 3.8) is 0 Å². The van der Waals surface area contributed by atoms with Crippen LogP contribution in [0.1, 0.15) is 10.5 Å². The lowest BCUT2D eigenvalue weighted by Crippen LogP contribution is -2.36. The van der Waals surface area contributed by atoms with E-state index in [0.29, 0.717) is 25.3 Å². The second-order valence-electron chi connectivity index (χ2n) is 6.00. The van der Waals surface area contributed by atoms with E-state index in [1.165, 1.54) is 0 Å². The van der Waals surface area contributed by atoms with Crippen molar-refractivity contribution in [2.45, 2.75) is 12.6 Å². The Labute approximate surface area is 145 Å². The van der Waals surface area contributed by atoms with Crippen LogP contribution in [0, 0.1) is 0 Å². The average molecular weight is 351 g/mol. The van der Waals surface area contributed by atoms with E-state index < -0.39 is 0 Å². The number of rotatable bonds is 2. The monoisotopic (exact) mass is 350 g/mol. The molecule has 0 unspecified atom stereocenters. The van der Waals surface area contributed by atoms with Crippen LogP contribution in [0.4, 0.5) is 10.5 Å². The molecule has 0 saturated carbocycles. The first-order valence-electron chi connectivity index (χ1n) is 7.65. The molecule has 0 aliphatic carbocycles. The number of nitrogens with zero attached hydrogens (tertiary/aromatic N) is 3. The molecule has 2 N–H and O–H groups in total. The first-order valence-corrected chi connectivity index (χ1v) is 7.65. The fraction of sp³-hybridized carbons (Fsp3) is 0.375. The van der Waals surface area contributed by atoms with Crippen molar-refractivity contribution in [1.29, 1.82) is 0 Å². The van der Waals surface area contributed by atoms with Crippen molar-refractivity contribution in [2.24, 2.45) is 5.73 Å². The van der Waals surface area contributed by atoms with Crippen LogP contribution in [0.25, 0.3) is 10.9 Å². The Morgan fingerprint density at radius 3 is 2.75 bits per heavy atom. The standard InChI is InChI=1S/C16H18N4O3.ClH/c1-18-4-5-19-13-3-2-11(6-10(13)7-14(19)15(18)21)20-9-12(8-17)23-16(20)22;/h2-3,6-7,12H,4-5,8-9,17H2,1H3;1H/t12-;/m0./s1. The molecule has 8 heteroatoms. The molecule has 1 fully saturated rings. The maximum Gasteiger partial charge on any atom is 0.414 e. The summed E-state index contributed by atoms with van der Waals surface area (Å²) in [5.74, 6) is 0.0257. The Hall–Kier alpha value is -2.25. The molecule has 1 aromatic heterocycles. The molecule has 2 aromatic rings. The van der Waals surface area contributed by atoms with E-state index in [2.05, 4.69) is 0 Å². The summed E-state index contributed by atoms with van der Waals surface area (Å²) in [5, 5.41) is 0.949. The third kappa shape index (κ3) is 2.40. The van der Waals surface area contributed by atoms with Gasteiger partial charge in [-0.15, -0.1) is 12.4 Å². The molecule has 7 nitrogen and oxygen atoms in total. The molecule has 24 heavy (non-hydrogen) atoms. The van der Waals surface area contributed by atoms with Crippen molar-refractivity contribution >= 4 is 41.0 Å². The fourth-order valence-electron chi connectivity index (χ4n) is 3.25. The molecule has 1 aromatic carbocycles. The summed E-state index contributed by atoms with van der Waals surface area (Å²) in [5.41, 5.74) is 8.04. The fourth-order valence-corrected chi connectivity index (χ4v) is 3.25.